The van der Waals surface area contributed by atoms with Crippen LogP contribution in [0.1, 0.15) is 45.2 Å². The first-order valence-corrected chi connectivity index (χ1v) is 59.7. The van der Waals surface area contributed by atoms with Crippen molar-refractivity contribution in [2.75, 3.05) is 0 Å². The summed E-state index contributed by atoms with van der Waals surface area (Å²) >= 11 is 0. The normalized spacial score (nSPS) is 17.5. The summed E-state index contributed by atoms with van der Waals surface area (Å²) in [5, 5.41) is 0. The Kier molecular flexibility index (Phi) is 19.7. The molecule has 0 amide bonds. The summed E-state index contributed by atoms with van der Waals surface area (Å²) in [6.45, 7) is 58.3. The van der Waals surface area contributed by atoms with Gasteiger partial charge in [-0.2, -0.15) is 4.31 Å². The van der Waals surface area contributed by atoms with Crippen molar-refractivity contribution in [1.82, 2.24) is 4.31 Å². The molecule has 0 aromatic heterocycles. The predicted octanol–water partition coefficient (Wildman–Crippen LogP) is 13.2. The number of aryl methyl sites for hydroxylation is 1. The number of ketones is 1. The van der Waals surface area contributed by atoms with Crippen LogP contribution in [0.4, 0.5) is 0 Å². The van der Waals surface area contributed by atoms with E-state index >= 15 is 8.42 Å². The van der Waals surface area contributed by atoms with Crippen LogP contribution in [0.5, 0.6) is 0 Å². The summed E-state index contributed by atoms with van der Waals surface area (Å²) in [5.74, 6) is -0.270. The summed E-state index contributed by atoms with van der Waals surface area (Å²) in [6.07, 6.45) is -0.842. The van der Waals surface area contributed by atoms with Crippen LogP contribution in [-0.2, 0) is 34.6 Å². The summed E-state index contributed by atoms with van der Waals surface area (Å²) < 4.78 is 57.1. The third-order valence-electron chi connectivity index (χ3n) is 13.8. The van der Waals surface area contributed by atoms with E-state index in [1.165, 1.54) is 0 Å². The Labute approximate surface area is 403 Å². The molecule has 64 heavy (non-hydrogen) atoms. The van der Waals surface area contributed by atoms with Crippen molar-refractivity contribution in [1.29, 1.82) is 0 Å². The van der Waals surface area contributed by atoms with Crippen LogP contribution in [0.2, 0.25) is 137 Å². The number of hydrogen-bond donors (Lipinski definition) is 0. The van der Waals surface area contributed by atoms with Crippen LogP contribution < -0.4 is 0 Å². The van der Waals surface area contributed by atoms with Gasteiger partial charge in [0.05, 0.1) is 68.8 Å². The minimum absolute atomic E-state index is 0.118. The smallest absolute Gasteiger partial charge is 0.243 e. The molecule has 2 aromatic carbocycles. The highest BCUT2D eigenvalue weighted by atomic mass is 32.2. The number of hydrogen-bond acceptors (Lipinski definition) is 6. The van der Waals surface area contributed by atoms with E-state index in [1.807, 2.05) is 49.4 Å². The average Bonchev–Trinajstić information content (AvgIpc) is 3.06. The minimum Gasteiger partial charge on any atom is -0.422 e. The van der Waals surface area contributed by atoms with Gasteiger partial charge in [-0.3, -0.25) is 4.79 Å². The van der Waals surface area contributed by atoms with Gasteiger partial charge < -0.3 is 13.3 Å². The first-order valence-electron chi connectivity index (χ1n) is 24.1. The lowest BCUT2D eigenvalue weighted by Gasteiger charge is -2.61. The first-order chi connectivity index (χ1) is 28.4. The fourth-order valence-corrected chi connectivity index (χ4v) is 204. The Balaban J connectivity index is 3.40. The Hall–Kier alpha value is -0.148. The largest absolute Gasteiger partial charge is 0.422 e. The van der Waals surface area contributed by atoms with E-state index in [4.69, 9.17) is 13.3 Å². The highest BCUT2D eigenvalue weighted by Crippen LogP contribution is 2.46. The zero-order chi connectivity index (χ0) is 50.3. The van der Waals surface area contributed by atoms with Gasteiger partial charge in [0.2, 0.25) is 10.0 Å². The van der Waals surface area contributed by atoms with E-state index in [2.05, 4.69) is 158 Å². The number of rotatable bonds is 24. The lowest BCUT2D eigenvalue weighted by atomic mass is 9.83. The Bertz CT molecular complexity index is 1870. The standard InChI is InChI=1S/C47H97NO6SSi9/c1-38-32-34-44(35-33-38)55(50,51)48(37-43-30-28-27-29-31-43)42(5)47(54-64(60(18,19)20,61(21,22)23)62(24,25)26)41(4)46(40(3)45(36-39(2)49)52-56(6,7)8)53-63(57(9,10)11,58(12,13)14)59(15,16)17/h27-35,40-42,45-47H,36-37H2,1-26H3/t40-,41-,42-,45+,46-,47-/m1/s1. The zero-order valence-electron chi connectivity index (χ0n) is 45.9. The molecular formula is C47H97NO6SSi9. The lowest BCUT2D eigenvalue weighted by Crippen LogP contribution is -2.86. The third kappa shape index (κ3) is 13.4. The van der Waals surface area contributed by atoms with Crippen molar-refractivity contribution >= 4 is 83.4 Å². The molecule has 2 aromatic rings. The van der Waals surface area contributed by atoms with Gasteiger partial charge in [-0.15, -0.1) is 0 Å². The topological polar surface area (TPSA) is 82.1 Å². The van der Waals surface area contributed by atoms with Gasteiger partial charge in [-0.25, -0.2) is 8.42 Å². The molecule has 368 valence electrons. The maximum absolute atomic E-state index is 15.5. The number of benzene rings is 2. The second-order valence-electron chi connectivity index (χ2n) is 26.5. The monoisotopic (exact) mass is 1060 g/mol. The Morgan fingerprint density at radius 1 is 0.547 bits per heavy atom. The molecule has 17 heteroatoms. The Morgan fingerprint density at radius 3 is 1.27 bits per heavy atom. The van der Waals surface area contributed by atoms with Crippen molar-refractivity contribution in [3.63, 3.8) is 0 Å². The van der Waals surface area contributed by atoms with Crippen LogP contribution in [0.25, 0.3) is 0 Å². The second-order valence-corrected chi connectivity index (χ2v) is 112. The summed E-state index contributed by atoms with van der Waals surface area (Å²) in [7, 11) is -18.4. The van der Waals surface area contributed by atoms with Crippen LogP contribution in [0.15, 0.2) is 59.5 Å². The van der Waals surface area contributed by atoms with Crippen molar-refractivity contribution in [2.24, 2.45) is 11.8 Å². The molecule has 7 nitrogen and oxygen atoms in total. The van der Waals surface area contributed by atoms with Gasteiger partial charge in [0.15, 0.2) is 22.1 Å². The van der Waals surface area contributed by atoms with Gasteiger partial charge >= 0.3 is 0 Å². The van der Waals surface area contributed by atoms with E-state index in [1.54, 1.807) is 23.4 Å². The molecule has 0 saturated heterocycles. The van der Waals surface area contributed by atoms with E-state index in [0.717, 1.165) is 11.1 Å². The number of nitrogens with zero attached hydrogens (tertiary/aromatic N) is 1. The highest BCUT2D eigenvalue weighted by Gasteiger charge is 2.68. The average molecular weight is 1060 g/mol. The fourth-order valence-electron chi connectivity index (χ4n) is 13.2. The van der Waals surface area contributed by atoms with Gasteiger partial charge in [0.25, 0.3) is 0 Å². The number of Topliss-reactive ketones (excluding diaryl/α,β-unsaturated/α-hetero) is 1. The number of carbonyl (C=O) groups is 1. The third-order valence-corrected chi connectivity index (χ3v) is 152. The number of carbonyl (C=O) groups excluding carboxylic acids is 1. The maximum Gasteiger partial charge on any atom is 0.243 e. The minimum atomic E-state index is -4.04. The van der Waals surface area contributed by atoms with E-state index < -0.39 is 89.8 Å². The van der Waals surface area contributed by atoms with E-state index in [0.29, 0.717) is 11.3 Å². The molecule has 0 spiro atoms. The maximum atomic E-state index is 15.5. The molecule has 0 aliphatic heterocycles. The summed E-state index contributed by atoms with van der Waals surface area (Å²) in [6, 6.07) is 16.9. The highest BCUT2D eigenvalue weighted by molar-refractivity contribution is 7.89. The lowest BCUT2D eigenvalue weighted by molar-refractivity contribution is -0.120. The zero-order valence-corrected chi connectivity index (χ0v) is 55.7. The SMILES string of the molecule is CC(=O)C[C@H](O[Si](C)(C)C)[C@@H](C)[C@@H](O[Si]([Si](C)(C)C)([Si](C)(C)C)[Si](C)(C)C)[C@@H](C)[C@@H](O[Si]([Si](C)(C)C)([Si](C)(C)C)[Si](C)(C)C)[C@@H](C)N(Cc1ccccc1)S(=O)(=O)c1ccc(C)cc1. The molecule has 0 bridgehead atoms. The van der Waals surface area contributed by atoms with Crippen LogP contribution in [0.3, 0.4) is 0 Å². The van der Waals surface area contributed by atoms with Crippen LogP contribution >= 0.6 is 0 Å². The van der Waals surface area contributed by atoms with Gasteiger partial charge in [-0.05, 0) is 58.1 Å². The first kappa shape index (κ1) is 60.0. The fraction of sp³-hybridized carbons (Fsp3) is 0.723. The van der Waals surface area contributed by atoms with E-state index in [-0.39, 0.29) is 36.4 Å². The molecule has 0 heterocycles. The van der Waals surface area contributed by atoms with Crippen molar-refractivity contribution in [2.45, 2.75) is 214 Å². The summed E-state index contributed by atoms with van der Waals surface area (Å²) in [4.78, 5) is 13.6. The summed E-state index contributed by atoms with van der Waals surface area (Å²) in [5.41, 5.74) is 1.96. The molecule has 6 atom stereocenters. The van der Waals surface area contributed by atoms with Crippen molar-refractivity contribution in [3.8, 4) is 0 Å². The van der Waals surface area contributed by atoms with Crippen molar-refractivity contribution < 1.29 is 26.5 Å². The molecule has 2 rings (SSSR count). The molecule has 0 N–H and O–H groups in total. The molecule has 0 aliphatic carbocycles. The Morgan fingerprint density at radius 2 is 0.922 bits per heavy atom. The van der Waals surface area contributed by atoms with Crippen LogP contribution in [-0.4, -0.2) is 110 Å². The van der Waals surface area contributed by atoms with Crippen LogP contribution in [0, 0.1) is 18.8 Å². The quantitative estimate of drug-likeness (QED) is 0.0975. The molecule has 0 radical (unpaired) electrons. The second kappa shape index (κ2) is 21.1. The molecule has 0 aliphatic rings. The molecule has 0 fully saturated rings. The molecular weight excluding hydrogens is 959 g/mol. The molecule has 0 saturated carbocycles. The van der Waals surface area contributed by atoms with Gasteiger partial charge in [-0.1, -0.05) is 180 Å². The van der Waals surface area contributed by atoms with Gasteiger partial charge in [0, 0.05) is 30.8 Å². The number of sulfonamides is 1. The van der Waals surface area contributed by atoms with E-state index in [9.17, 15) is 4.79 Å². The van der Waals surface area contributed by atoms with Crippen molar-refractivity contribution in [3.05, 3.63) is 65.7 Å². The molecule has 0 unspecified atom stereocenters. The predicted molar refractivity (Wildman–Crippen MR) is 303 cm³/mol. The van der Waals surface area contributed by atoms with Gasteiger partial charge in [0.1, 0.15) is 5.78 Å².